The molecule has 0 saturated carbocycles. The standard InChI is InChI=1S/C8H11N3O2/c9-8(10-12)11(13)6-7-4-2-1-3-5-7/h1-5,12-13H,6H2,(H2,9,10). The minimum absolute atomic E-state index is 0.191. The van der Waals surface area contributed by atoms with Crippen LogP contribution < -0.4 is 5.73 Å². The predicted molar refractivity (Wildman–Crippen MR) is 47.2 cm³/mol. The van der Waals surface area contributed by atoms with Crippen LogP contribution >= 0.6 is 0 Å². The Morgan fingerprint density at radius 2 is 2.00 bits per heavy atom. The van der Waals surface area contributed by atoms with Gasteiger partial charge in [-0.15, -0.1) is 0 Å². The van der Waals surface area contributed by atoms with Gasteiger partial charge in [-0.3, -0.25) is 5.21 Å². The Hall–Kier alpha value is -1.75. The lowest BCUT2D eigenvalue weighted by Gasteiger charge is -2.13. The van der Waals surface area contributed by atoms with Crippen LogP contribution in [0.4, 0.5) is 0 Å². The molecule has 70 valence electrons. The topological polar surface area (TPSA) is 82.1 Å². The Kier molecular flexibility index (Phi) is 3.10. The highest BCUT2D eigenvalue weighted by Gasteiger charge is 2.04. The normalized spacial score (nSPS) is 11.3. The maximum Gasteiger partial charge on any atom is 0.257 e. The Labute approximate surface area is 75.7 Å². The second-order valence-electron chi connectivity index (χ2n) is 2.50. The first-order valence-corrected chi connectivity index (χ1v) is 3.72. The SMILES string of the molecule is NC(=NO)N(O)Cc1ccccc1. The molecule has 0 amide bonds. The zero-order valence-electron chi connectivity index (χ0n) is 6.96. The summed E-state index contributed by atoms with van der Waals surface area (Å²) in [7, 11) is 0. The third-order valence-electron chi connectivity index (χ3n) is 1.54. The van der Waals surface area contributed by atoms with Crippen molar-refractivity contribution >= 4 is 5.96 Å². The fourth-order valence-corrected chi connectivity index (χ4v) is 0.889. The molecule has 0 fully saturated rings. The van der Waals surface area contributed by atoms with Crippen LogP contribution in [0, 0.1) is 0 Å². The average Bonchev–Trinajstić information content (AvgIpc) is 2.18. The summed E-state index contributed by atoms with van der Waals surface area (Å²) in [5.41, 5.74) is 6.01. The average molecular weight is 181 g/mol. The van der Waals surface area contributed by atoms with Crippen molar-refractivity contribution in [1.82, 2.24) is 5.06 Å². The Morgan fingerprint density at radius 1 is 1.38 bits per heavy atom. The van der Waals surface area contributed by atoms with Crippen LogP contribution in [0.15, 0.2) is 35.5 Å². The van der Waals surface area contributed by atoms with Crippen LogP contribution in [0.25, 0.3) is 0 Å². The van der Waals surface area contributed by atoms with Gasteiger partial charge in [0.15, 0.2) is 0 Å². The van der Waals surface area contributed by atoms with E-state index in [1.165, 1.54) is 0 Å². The zero-order valence-corrected chi connectivity index (χ0v) is 6.96. The van der Waals surface area contributed by atoms with Crippen LogP contribution in [-0.2, 0) is 6.54 Å². The van der Waals surface area contributed by atoms with Gasteiger partial charge in [0, 0.05) is 0 Å². The van der Waals surface area contributed by atoms with Crippen molar-refractivity contribution in [3.05, 3.63) is 35.9 Å². The molecule has 1 rings (SSSR count). The Bertz CT molecular complexity index is 287. The molecule has 0 heterocycles. The maximum atomic E-state index is 9.19. The second-order valence-corrected chi connectivity index (χ2v) is 2.50. The molecule has 13 heavy (non-hydrogen) atoms. The number of hydrogen-bond acceptors (Lipinski definition) is 3. The number of benzene rings is 1. The monoisotopic (exact) mass is 181 g/mol. The zero-order chi connectivity index (χ0) is 9.68. The molecule has 0 bridgehead atoms. The molecule has 0 radical (unpaired) electrons. The third-order valence-corrected chi connectivity index (χ3v) is 1.54. The fourth-order valence-electron chi connectivity index (χ4n) is 0.889. The minimum Gasteiger partial charge on any atom is -0.408 e. The molecule has 0 aliphatic rings. The van der Waals surface area contributed by atoms with Crippen molar-refractivity contribution in [3.63, 3.8) is 0 Å². The van der Waals surface area contributed by atoms with Crippen LogP contribution in [-0.4, -0.2) is 21.4 Å². The van der Waals surface area contributed by atoms with Crippen LogP contribution in [0.3, 0.4) is 0 Å². The van der Waals surface area contributed by atoms with Gasteiger partial charge in [0.25, 0.3) is 5.96 Å². The first-order valence-electron chi connectivity index (χ1n) is 3.72. The second kappa shape index (κ2) is 4.32. The Morgan fingerprint density at radius 3 is 2.54 bits per heavy atom. The largest absolute Gasteiger partial charge is 0.408 e. The minimum atomic E-state index is -0.330. The molecule has 5 heteroatoms. The summed E-state index contributed by atoms with van der Waals surface area (Å²) in [5.74, 6) is -0.330. The first-order chi connectivity index (χ1) is 6.24. The molecule has 0 saturated heterocycles. The van der Waals surface area contributed by atoms with Gasteiger partial charge in [-0.2, -0.15) is 0 Å². The van der Waals surface area contributed by atoms with Crippen molar-refractivity contribution in [2.45, 2.75) is 6.54 Å². The number of rotatable bonds is 2. The van der Waals surface area contributed by atoms with E-state index in [1.807, 2.05) is 30.3 Å². The number of hydrogen-bond donors (Lipinski definition) is 3. The quantitative estimate of drug-likeness (QED) is 0.270. The number of hydroxylamine groups is 2. The smallest absolute Gasteiger partial charge is 0.257 e. The van der Waals surface area contributed by atoms with E-state index in [-0.39, 0.29) is 12.5 Å². The van der Waals surface area contributed by atoms with E-state index in [0.717, 1.165) is 5.56 Å². The van der Waals surface area contributed by atoms with Crippen molar-refractivity contribution < 1.29 is 10.4 Å². The van der Waals surface area contributed by atoms with E-state index in [1.54, 1.807) is 0 Å². The van der Waals surface area contributed by atoms with Crippen molar-refractivity contribution in [3.8, 4) is 0 Å². The van der Waals surface area contributed by atoms with E-state index in [2.05, 4.69) is 5.16 Å². The van der Waals surface area contributed by atoms with E-state index >= 15 is 0 Å². The van der Waals surface area contributed by atoms with Crippen molar-refractivity contribution in [2.75, 3.05) is 0 Å². The molecular weight excluding hydrogens is 170 g/mol. The van der Waals surface area contributed by atoms with E-state index in [0.29, 0.717) is 5.06 Å². The number of guanidine groups is 1. The number of nitrogens with zero attached hydrogens (tertiary/aromatic N) is 2. The van der Waals surface area contributed by atoms with Crippen molar-refractivity contribution in [2.24, 2.45) is 10.9 Å². The van der Waals surface area contributed by atoms with Gasteiger partial charge >= 0.3 is 0 Å². The molecule has 5 nitrogen and oxygen atoms in total. The summed E-state index contributed by atoms with van der Waals surface area (Å²) in [6.07, 6.45) is 0. The van der Waals surface area contributed by atoms with Gasteiger partial charge in [0.1, 0.15) is 0 Å². The van der Waals surface area contributed by atoms with Gasteiger partial charge < -0.3 is 10.9 Å². The van der Waals surface area contributed by atoms with Gasteiger partial charge in [-0.05, 0) is 10.7 Å². The molecule has 1 aromatic carbocycles. The molecule has 0 atom stereocenters. The fraction of sp³-hybridized carbons (Fsp3) is 0.125. The lowest BCUT2D eigenvalue weighted by Crippen LogP contribution is -2.33. The number of nitrogens with two attached hydrogens (primary N) is 1. The highest BCUT2D eigenvalue weighted by molar-refractivity contribution is 5.76. The summed E-state index contributed by atoms with van der Waals surface area (Å²) in [6.45, 7) is 0.191. The molecule has 4 N–H and O–H groups in total. The lowest BCUT2D eigenvalue weighted by atomic mass is 10.2. The van der Waals surface area contributed by atoms with E-state index in [4.69, 9.17) is 10.9 Å². The summed E-state index contributed by atoms with van der Waals surface area (Å²) in [5, 5.41) is 20.8. The molecule has 0 aromatic heterocycles. The van der Waals surface area contributed by atoms with Crippen LogP contribution in [0.2, 0.25) is 0 Å². The van der Waals surface area contributed by atoms with Crippen molar-refractivity contribution in [1.29, 1.82) is 0 Å². The summed E-state index contributed by atoms with van der Waals surface area (Å²) >= 11 is 0. The summed E-state index contributed by atoms with van der Waals surface area (Å²) < 4.78 is 0. The molecule has 0 aliphatic heterocycles. The summed E-state index contributed by atoms with van der Waals surface area (Å²) in [4.78, 5) is 0. The highest BCUT2D eigenvalue weighted by Crippen LogP contribution is 2.01. The Balaban J connectivity index is 2.60. The predicted octanol–water partition coefficient (Wildman–Crippen LogP) is 0.582. The summed E-state index contributed by atoms with van der Waals surface area (Å²) in [6, 6.07) is 9.21. The maximum absolute atomic E-state index is 9.19. The molecule has 1 aromatic rings. The van der Waals surface area contributed by atoms with Crippen LogP contribution in [0.1, 0.15) is 5.56 Å². The highest BCUT2D eigenvalue weighted by atomic mass is 16.5. The van der Waals surface area contributed by atoms with E-state index < -0.39 is 0 Å². The van der Waals surface area contributed by atoms with Gasteiger partial charge in [-0.25, -0.2) is 5.06 Å². The van der Waals surface area contributed by atoms with Crippen LogP contribution in [0.5, 0.6) is 0 Å². The number of oxime groups is 1. The van der Waals surface area contributed by atoms with E-state index in [9.17, 15) is 5.21 Å². The van der Waals surface area contributed by atoms with Gasteiger partial charge in [0.05, 0.1) is 6.54 Å². The molecule has 0 aliphatic carbocycles. The van der Waals surface area contributed by atoms with Gasteiger partial charge in [0.2, 0.25) is 0 Å². The lowest BCUT2D eigenvalue weighted by molar-refractivity contribution is -0.0274. The first kappa shape index (κ1) is 9.34. The molecule has 0 spiro atoms. The molecule has 0 unspecified atom stereocenters. The third kappa shape index (κ3) is 2.64. The van der Waals surface area contributed by atoms with Gasteiger partial charge in [-0.1, -0.05) is 30.3 Å². The molecular formula is C8H11N3O2.